The molecule has 0 bridgehead atoms. The summed E-state index contributed by atoms with van der Waals surface area (Å²) in [6.07, 6.45) is -1.03. The van der Waals surface area contributed by atoms with Gasteiger partial charge in [0.1, 0.15) is 0 Å². The third-order valence-corrected chi connectivity index (χ3v) is 2.74. The Morgan fingerprint density at radius 2 is 2.13 bits per heavy atom. The number of hydrogen-bond donors (Lipinski definition) is 2. The van der Waals surface area contributed by atoms with Crippen LogP contribution in [0.15, 0.2) is 24.3 Å². The summed E-state index contributed by atoms with van der Waals surface area (Å²) in [5.41, 5.74) is 1.37. The first-order valence-corrected chi connectivity index (χ1v) is 4.78. The van der Waals surface area contributed by atoms with Crippen molar-refractivity contribution >= 4 is 5.69 Å². The average Bonchev–Trinajstić information content (AvgIpc) is 2.17. The number of benzene rings is 1. The van der Waals surface area contributed by atoms with Crippen molar-refractivity contribution in [2.75, 3.05) is 5.32 Å². The van der Waals surface area contributed by atoms with Gasteiger partial charge in [0.2, 0.25) is 0 Å². The molecule has 0 amide bonds. The summed E-state index contributed by atoms with van der Waals surface area (Å²) in [6, 6.07) is 5.75. The Kier molecular flexibility index (Phi) is 2.32. The highest BCUT2D eigenvalue weighted by Crippen LogP contribution is 2.33. The van der Waals surface area contributed by atoms with Crippen LogP contribution in [0.2, 0.25) is 0 Å². The van der Waals surface area contributed by atoms with Crippen molar-refractivity contribution in [3.63, 3.8) is 0 Å². The second-order valence-electron chi connectivity index (χ2n) is 3.74. The molecule has 3 atom stereocenters. The van der Waals surface area contributed by atoms with E-state index in [9.17, 15) is 15.2 Å². The van der Waals surface area contributed by atoms with Crippen molar-refractivity contribution in [1.82, 2.24) is 0 Å². The summed E-state index contributed by atoms with van der Waals surface area (Å²) >= 11 is 0. The van der Waals surface area contributed by atoms with Gasteiger partial charge in [-0.2, -0.15) is 0 Å². The van der Waals surface area contributed by atoms with Gasteiger partial charge < -0.3 is 10.4 Å². The number of nitrogens with one attached hydrogen (secondary N) is 1. The van der Waals surface area contributed by atoms with E-state index in [0.29, 0.717) is 5.56 Å². The van der Waals surface area contributed by atoms with Crippen LogP contribution in [0.25, 0.3) is 0 Å². The lowest BCUT2D eigenvalue weighted by molar-refractivity contribution is -0.538. The van der Waals surface area contributed by atoms with Gasteiger partial charge in [-0.3, -0.25) is 10.1 Å². The van der Waals surface area contributed by atoms with Crippen LogP contribution in [-0.2, 0) is 0 Å². The van der Waals surface area contributed by atoms with Crippen LogP contribution in [-0.4, -0.2) is 22.1 Å². The van der Waals surface area contributed by atoms with Crippen molar-refractivity contribution in [3.8, 4) is 0 Å². The maximum absolute atomic E-state index is 10.8. The number of fused-ring (bicyclic) bond motifs is 1. The second-order valence-corrected chi connectivity index (χ2v) is 3.74. The molecule has 1 aromatic carbocycles. The molecule has 0 radical (unpaired) electrons. The second kappa shape index (κ2) is 3.51. The van der Waals surface area contributed by atoms with Gasteiger partial charge in [0.15, 0.2) is 6.10 Å². The molecule has 0 saturated heterocycles. The number of para-hydroxylation sites is 1. The third-order valence-electron chi connectivity index (χ3n) is 2.74. The molecule has 2 N–H and O–H groups in total. The Morgan fingerprint density at radius 3 is 2.80 bits per heavy atom. The number of aliphatic hydroxyl groups is 1. The molecule has 1 aromatic rings. The summed E-state index contributed by atoms with van der Waals surface area (Å²) in [5.74, 6) is 0. The number of hydrogen-bond acceptors (Lipinski definition) is 4. The maximum Gasteiger partial charge on any atom is 0.262 e. The van der Waals surface area contributed by atoms with Gasteiger partial charge in [0.25, 0.3) is 6.04 Å². The first-order chi connectivity index (χ1) is 7.11. The molecule has 0 aliphatic carbocycles. The normalized spacial score (nSPS) is 29.1. The summed E-state index contributed by atoms with van der Waals surface area (Å²) < 4.78 is 0. The largest absolute Gasteiger partial charge is 0.381 e. The predicted octanol–water partition coefficient (Wildman–Crippen LogP) is 1.18. The van der Waals surface area contributed by atoms with E-state index in [2.05, 4.69) is 5.32 Å². The van der Waals surface area contributed by atoms with Crippen molar-refractivity contribution in [3.05, 3.63) is 39.9 Å². The van der Waals surface area contributed by atoms with Crippen molar-refractivity contribution in [1.29, 1.82) is 0 Å². The topological polar surface area (TPSA) is 75.4 Å². The SMILES string of the molecule is CC1Nc2ccccc2C(O)C1[N+](=O)[O-]. The van der Waals surface area contributed by atoms with E-state index in [0.717, 1.165) is 5.69 Å². The Bertz CT molecular complexity index is 394. The molecule has 0 spiro atoms. The molecule has 0 aromatic heterocycles. The number of nitrogens with zero attached hydrogens (tertiary/aromatic N) is 1. The molecule has 5 nitrogen and oxygen atoms in total. The predicted molar refractivity (Wildman–Crippen MR) is 55.3 cm³/mol. The fourth-order valence-electron chi connectivity index (χ4n) is 1.97. The minimum atomic E-state index is -1.03. The van der Waals surface area contributed by atoms with E-state index in [-0.39, 0.29) is 6.04 Å². The minimum absolute atomic E-state index is 0.370. The first kappa shape index (κ1) is 9.92. The molecule has 80 valence electrons. The Hall–Kier alpha value is -1.62. The fraction of sp³-hybridized carbons (Fsp3) is 0.400. The molecule has 2 rings (SSSR count). The average molecular weight is 208 g/mol. The van der Waals surface area contributed by atoms with Crippen LogP contribution in [0.4, 0.5) is 5.69 Å². The Morgan fingerprint density at radius 1 is 1.47 bits per heavy atom. The summed E-state index contributed by atoms with van der Waals surface area (Å²) in [5, 5.41) is 23.7. The van der Waals surface area contributed by atoms with Crippen molar-refractivity contribution in [2.45, 2.75) is 25.1 Å². The quantitative estimate of drug-likeness (QED) is 0.536. The molecule has 1 aliphatic heterocycles. The molecule has 0 saturated carbocycles. The minimum Gasteiger partial charge on any atom is -0.381 e. The third kappa shape index (κ3) is 1.55. The van der Waals surface area contributed by atoms with Gasteiger partial charge in [-0.05, 0) is 13.0 Å². The monoisotopic (exact) mass is 208 g/mol. The summed E-state index contributed by atoms with van der Waals surface area (Å²) in [4.78, 5) is 10.4. The molecular weight excluding hydrogens is 196 g/mol. The summed E-state index contributed by atoms with van der Waals surface area (Å²) in [6.45, 7) is 1.70. The van der Waals surface area contributed by atoms with Crippen LogP contribution in [0.5, 0.6) is 0 Å². The Labute approximate surface area is 86.9 Å². The first-order valence-electron chi connectivity index (χ1n) is 4.78. The van der Waals surface area contributed by atoms with Crippen LogP contribution in [0, 0.1) is 10.1 Å². The highest BCUT2D eigenvalue weighted by atomic mass is 16.6. The molecule has 15 heavy (non-hydrogen) atoms. The van der Waals surface area contributed by atoms with Gasteiger partial charge in [-0.1, -0.05) is 18.2 Å². The van der Waals surface area contributed by atoms with Gasteiger partial charge in [0, 0.05) is 16.2 Å². The number of rotatable bonds is 1. The molecule has 1 aliphatic rings. The lowest BCUT2D eigenvalue weighted by Crippen LogP contribution is -2.45. The van der Waals surface area contributed by atoms with E-state index in [1.807, 2.05) is 12.1 Å². The maximum atomic E-state index is 10.8. The van der Waals surface area contributed by atoms with E-state index in [4.69, 9.17) is 0 Å². The zero-order valence-electron chi connectivity index (χ0n) is 8.25. The number of nitro groups is 1. The van der Waals surface area contributed by atoms with E-state index < -0.39 is 17.1 Å². The number of aliphatic hydroxyl groups excluding tert-OH is 1. The zero-order valence-corrected chi connectivity index (χ0v) is 8.25. The molecule has 1 heterocycles. The van der Waals surface area contributed by atoms with Gasteiger partial charge in [-0.25, -0.2) is 0 Å². The lowest BCUT2D eigenvalue weighted by Gasteiger charge is -2.30. The molecular formula is C10H12N2O3. The van der Waals surface area contributed by atoms with E-state index in [1.165, 1.54) is 0 Å². The van der Waals surface area contributed by atoms with Gasteiger partial charge in [-0.15, -0.1) is 0 Å². The molecule has 5 heteroatoms. The standard InChI is InChI=1S/C10H12N2O3/c1-6-9(12(14)15)10(13)7-4-2-3-5-8(7)11-6/h2-6,9-11,13H,1H3. The van der Waals surface area contributed by atoms with Crippen LogP contribution in [0.3, 0.4) is 0 Å². The van der Waals surface area contributed by atoms with E-state index in [1.54, 1.807) is 19.1 Å². The van der Waals surface area contributed by atoms with Crippen molar-refractivity contribution < 1.29 is 10.0 Å². The summed E-state index contributed by atoms with van der Waals surface area (Å²) in [7, 11) is 0. The van der Waals surface area contributed by atoms with Crippen molar-refractivity contribution in [2.24, 2.45) is 0 Å². The smallest absolute Gasteiger partial charge is 0.262 e. The van der Waals surface area contributed by atoms with Gasteiger partial charge in [0.05, 0.1) is 6.04 Å². The molecule has 0 fully saturated rings. The fourth-order valence-corrected chi connectivity index (χ4v) is 1.97. The zero-order chi connectivity index (χ0) is 11.0. The Balaban J connectivity index is 2.42. The lowest BCUT2D eigenvalue weighted by atomic mass is 9.92. The molecule has 3 unspecified atom stereocenters. The number of anilines is 1. The van der Waals surface area contributed by atoms with E-state index >= 15 is 0 Å². The van der Waals surface area contributed by atoms with Crippen LogP contribution < -0.4 is 5.32 Å². The van der Waals surface area contributed by atoms with Crippen LogP contribution >= 0.6 is 0 Å². The van der Waals surface area contributed by atoms with Gasteiger partial charge >= 0.3 is 0 Å². The highest BCUT2D eigenvalue weighted by Gasteiger charge is 2.41. The van der Waals surface area contributed by atoms with Crippen LogP contribution in [0.1, 0.15) is 18.6 Å². The highest BCUT2D eigenvalue weighted by molar-refractivity contribution is 5.55.